The average molecular weight is 471 g/mol. The van der Waals surface area contributed by atoms with Crippen molar-refractivity contribution in [3.63, 3.8) is 0 Å². The summed E-state index contributed by atoms with van der Waals surface area (Å²) >= 11 is 0. The minimum atomic E-state index is -1.88. The summed E-state index contributed by atoms with van der Waals surface area (Å²) in [6, 6.07) is 18.5. The number of rotatable bonds is 5. The third-order valence-electron chi connectivity index (χ3n) is 7.00. The maximum Gasteiger partial charge on any atom is 0.254 e. The number of aromatic hydroxyl groups is 1. The van der Waals surface area contributed by atoms with Gasteiger partial charge in [0.1, 0.15) is 5.75 Å². The first-order chi connectivity index (χ1) is 16.8. The number of nitrogens with two attached hydrogens (primary N) is 1. The molecule has 5 rings (SSSR count). The van der Waals surface area contributed by atoms with E-state index in [9.17, 15) is 24.3 Å². The monoisotopic (exact) mass is 470 g/mol. The fourth-order valence-electron chi connectivity index (χ4n) is 5.29. The van der Waals surface area contributed by atoms with Gasteiger partial charge in [0, 0.05) is 12.1 Å². The second-order valence-corrected chi connectivity index (χ2v) is 8.92. The summed E-state index contributed by atoms with van der Waals surface area (Å²) in [5.41, 5.74) is 5.06. The first-order valence-corrected chi connectivity index (χ1v) is 11.4. The van der Waals surface area contributed by atoms with Crippen molar-refractivity contribution >= 4 is 34.3 Å². The van der Waals surface area contributed by atoms with E-state index in [0.717, 1.165) is 16.3 Å². The number of benzene rings is 3. The quantitative estimate of drug-likeness (QED) is 0.551. The number of phenolic OH excluding ortho intramolecular Hbond substituents is 1. The molecule has 3 amide bonds. The highest BCUT2D eigenvalue weighted by Crippen LogP contribution is 2.40. The number of carbonyl (C=O) groups excluding carboxylic acids is 4. The Balaban J connectivity index is 1.40. The number of fused-ring (bicyclic) bond motifs is 2. The van der Waals surface area contributed by atoms with Gasteiger partial charge in [-0.15, -0.1) is 0 Å². The highest BCUT2D eigenvalue weighted by atomic mass is 16.3. The van der Waals surface area contributed by atoms with Crippen LogP contribution in [0, 0.1) is 6.42 Å². The van der Waals surface area contributed by atoms with Gasteiger partial charge in [-0.2, -0.15) is 0 Å². The molecule has 3 N–H and O–H groups in total. The topological polar surface area (TPSA) is 121 Å². The summed E-state index contributed by atoms with van der Waals surface area (Å²) in [6.07, 6.45) is 1.91. The van der Waals surface area contributed by atoms with E-state index in [4.69, 9.17) is 5.73 Å². The molecule has 8 nitrogen and oxygen atoms in total. The molecule has 0 saturated carbocycles. The molecule has 0 aromatic heterocycles. The number of nitrogens with zero attached hydrogens (tertiary/aromatic N) is 2. The van der Waals surface area contributed by atoms with Crippen LogP contribution in [0.1, 0.15) is 22.3 Å². The van der Waals surface area contributed by atoms with Crippen molar-refractivity contribution in [1.82, 2.24) is 9.80 Å². The lowest BCUT2D eigenvalue weighted by Crippen LogP contribution is -2.64. The van der Waals surface area contributed by atoms with Crippen LogP contribution in [-0.2, 0) is 20.8 Å². The lowest BCUT2D eigenvalue weighted by molar-refractivity contribution is -0.147. The van der Waals surface area contributed by atoms with E-state index < -0.39 is 29.2 Å². The van der Waals surface area contributed by atoms with Crippen molar-refractivity contribution in [2.75, 3.05) is 13.1 Å². The van der Waals surface area contributed by atoms with E-state index in [0.29, 0.717) is 5.56 Å². The SMILES string of the molecule is NC(=O)C12C(=O)CN(C(=O)c3ccc4ccccc4c3)C1CCN2C(=O)[CH]Cc1ccc(O)cc1. The third kappa shape index (κ3) is 3.62. The van der Waals surface area contributed by atoms with Gasteiger partial charge in [0.25, 0.3) is 11.8 Å². The molecule has 177 valence electrons. The largest absolute Gasteiger partial charge is 0.508 e. The molecule has 3 aromatic carbocycles. The Hall–Kier alpha value is -4.20. The molecule has 0 spiro atoms. The van der Waals surface area contributed by atoms with Crippen molar-refractivity contribution in [2.24, 2.45) is 5.73 Å². The molecule has 2 saturated heterocycles. The van der Waals surface area contributed by atoms with Crippen LogP contribution in [0.4, 0.5) is 0 Å². The number of Topliss-reactive ketones (excluding diaryl/α,β-unsaturated/α-hetero) is 1. The van der Waals surface area contributed by atoms with Gasteiger partial charge in [0.15, 0.2) is 5.78 Å². The molecule has 0 bridgehead atoms. The van der Waals surface area contributed by atoms with Crippen LogP contribution in [0.5, 0.6) is 5.75 Å². The molecule has 2 heterocycles. The predicted molar refractivity (Wildman–Crippen MR) is 128 cm³/mol. The molecule has 2 atom stereocenters. The minimum Gasteiger partial charge on any atom is -0.508 e. The van der Waals surface area contributed by atoms with E-state index in [1.54, 1.807) is 24.3 Å². The van der Waals surface area contributed by atoms with Gasteiger partial charge in [-0.1, -0.05) is 42.5 Å². The van der Waals surface area contributed by atoms with Crippen LogP contribution >= 0.6 is 0 Å². The average Bonchev–Trinajstić information content (AvgIpc) is 3.40. The fourth-order valence-corrected chi connectivity index (χ4v) is 5.29. The summed E-state index contributed by atoms with van der Waals surface area (Å²) in [5.74, 6) is -2.23. The summed E-state index contributed by atoms with van der Waals surface area (Å²) < 4.78 is 0. The normalized spacial score (nSPS) is 21.4. The Morgan fingerprint density at radius 1 is 1.03 bits per heavy atom. The van der Waals surface area contributed by atoms with E-state index in [1.807, 2.05) is 30.3 Å². The number of amides is 3. The van der Waals surface area contributed by atoms with Crippen molar-refractivity contribution in [1.29, 1.82) is 0 Å². The Morgan fingerprint density at radius 2 is 1.74 bits per heavy atom. The number of phenols is 1. The molecular weight excluding hydrogens is 446 g/mol. The molecule has 2 unspecified atom stereocenters. The molecular formula is C27H24N3O5. The summed E-state index contributed by atoms with van der Waals surface area (Å²) in [5, 5.41) is 11.3. The fraction of sp³-hybridized carbons (Fsp3) is 0.222. The van der Waals surface area contributed by atoms with Gasteiger partial charge in [-0.05, 0) is 53.4 Å². The summed E-state index contributed by atoms with van der Waals surface area (Å²) in [7, 11) is 0. The lowest BCUT2D eigenvalue weighted by atomic mass is 9.88. The zero-order valence-corrected chi connectivity index (χ0v) is 18.9. The van der Waals surface area contributed by atoms with Crippen molar-refractivity contribution < 1.29 is 24.3 Å². The Kier molecular flexibility index (Phi) is 5.51. The van der Waals surface area contributed by atoms with Crippen LogP contribution < -0.4 is 5.73 Å². The molecule has 2 aliphatic heterocycles. The van der Waals surface area contributed by atoms with Gasteiger partial charge in [-0.25, -0.2) is 0 Å². The number of hydrogen-bond acceptors (Lipinski definition) is 5. The number of carbonyl (C=O) groups is 4. The predicted octanol–water partition coefficient (Wildman–Crippen LogP) is 1.84. The first kappa shape index (κ1) is 22.6. The molecule has 1 radical (unpaired) electrons. The number of ketones is 1. The van der Waals surface area contributed by atoms with E-state index >= 15 is 0 Å². The van der Waals surface area contributed by atoms with Crippen LogP contribution in [0.2, 0.25) is 0 Å². The standard InChI is InChI=1S/C27H24N3O5/c28-26(35)27-22(13-14-30(27)24(33)12-7-17-5-10-21(31)11-6-17)29(16-23(27)32)25(34)20-9-8-18-3-1-2-4-19(18)15-20/h1-6,8-12,15,22,31H,7,13-14,16H2,(H2,28,35). The smallest absolute Gasteiger partial charge is 0.254 e. The van der Waals surface area contributed by atoms with Crippen LogP contribution in [0.25, 0.3) is 10.8 Å². The van der Waals surface area contributed by atoms with E-state index in [2.05, 4.69) is 0 Å². The summed E-state index contributed by atoms with van der Waals surface area (Å²) in [6.45, 7) is -0.160. The van der Waals surface area contributed by atoms with Crippen LogP contribution in [0.15, 0.2) is 66.7 Å². The molecule has 2 fully saturated rings. The first-order valence-electron chi connectivity index (χ1n) is 11.4. The molecule has 3 aromatic rings. The Morgan fingerprint density at radius 3 is 2.46 bits per heavy atom. The van der Waals surface area contributed by atoms with Gasteiger partial charge in [0.2, 0.25) is 11.4 Å². The number of primary amides is 1. The molecule has 2 aliphatic rings. The van der Waals surface area contributed by atoms with Crippen LogP contribution in [0.3, 0.4) is 0 Å². The number of likely N-dealkylation sites (tertiary alicyclic amines) is 2. The van der Waals surface area contributed by atoms with Gasteiger partial charge >= 0.3 is 0 Å². The van der Waals surface area contributed by atoms with Gasteiger partial charge < -0.3 is 20.6 Å². The zero-order chi connectivity index (χ0) is 24.7. The van der Waals surface area contributed by atoms with Gasteiger partial charge in [0.05, 0.1) is 19.0 Å². The highest BCUT2D eigenvalue weighted by molar-refractivity contribution is 6.18. The number of hydrogen-bond donors (Lipinski definition) is 2. The van der Waals surface area contributed by atoms with E-state index in [-0.39, 0.29) is 37.6 Å². The van der Waals surface area contributed by atoms with Crippen molar-refractivity contribution in [2.45, 2.75) is 24.4 Å². The van der Waals surface area contributed by atoms with E-state index in [1.165, 1.54) is 28.4 Å². The minimum absolute atomic E-state index is 0.114. The maximum atomic E-state index is 13.4. The zero-order valence-electron chi connectivity index (χ0n) is 18.9. The van der Waals surface area contributed by atoms with Crippen molar-refractivity contribution in [3.05, 3.63) is 84.3 Å². The molecule has 8 heteroatoms. The molecule has 35 heavy (non-hydrogen) atoms. The Bertz CT molecular complexity index is 1350. The second-order valence-electron chi connectivity index (χ2n) is 8.92. The highest BCUT2D eigenvalue weighted by Gasteiger charge is 2.67. The van der Waals surface area contributed by atoms with Crippen molar-refractivity contribution in [3.8, 4) is 5.75 Å². The summed E-state index contributed by atoms with van der Waals surface area (Å²) in [4.78, 5) is 55.2. The Labute approximate surface area is 201 Å². The lowest BCUT2D eigenvalue weighted by Gasteiger charge is -2.34. The van der Waals surface area contributed by atoms with Crippen LogP contribution in [-0.4, -0.2) is 63.1 Å². The third-order valence-corrected chi connectivity index (χ3v) is 7.00. The molecule has 0 aliphatic carbocycles. The maximum absolute atomic E-state index is 13.4. The second kappa shape index (κ2) is 8.54. The van der Waals surface area contributed by atoms with Gasteiger partial charge in [-0.3, -0.25) is 19.2 Å².